The fourth-order valence-electron chi connectivity index (χ4n) is 1.95. The molecule has 4 nitrogen and oxygen atoms in total. The number of aromatic nitrogens is 2. The summed E-state index contributed by atoms with van der Waals surface area (Å²) in [4.78, 5) is 4.45. The van der Waals surface area contributed by atoms with Gasteiger partial charge in [-0.15, -0.1) is 0 Å². The lowest BCUT2D eigenvalue weighted by Gasteiger charge is -2.01. The Hall–Kier alpha value is -2.14. The van der Waals surface area contributed by atoms with Crippen molar-refractivity contribution in [3.8, 4) is 22.8 Å². The standard InChI is InChI=1S/C15H12BrN3O/c1-9-6-7-10(17)8-12(9)15-18-14(19-20-15)11-4-2-3-5-13(11)16/h2-8H,17H2,1H3. The van der Waals surface area contributed by atoms with Crippen molar-refractivity contribution < 1.29 is 4.52 Å². The Morgan fingerprint density at radius 3 is 2.70 bits per heavy atom. The largest absolute Gasteiger partial charge is 0.399 e. The lowest BCUT2D eigenvalue weighted by Crippen LogP contribution is -1.89. The normalized spacial score (nSPS) is 10.7. The molecule has 0 saturated heterocycles. The van der Waals surface area contributed by atoms with Crippen LogP contribution in [0.5, 0.6) is 0 Å². The van der Waals surface area contributed by atoms with Crippen molar-refractivity contribution in [2.75, 3.05) is 5.73 Å². The molecule has 0 radical (unpaired) electrons. The minimum Gasteiger partial charge on any atom is -0.399 e. The summed E-state index contributed by atoms with van der Waals surface area (Å²) in [6.07, 6.45) is 0. The van der Waals surface area contributed by atoms with Crippen molar-refractivity contribution in [2.24, 2.45) is 0 Å². The third kappa shape index (κ3) is 2.32. The van der Waals surface area contributed by atoms with E-state index in [4.69, 9.17) is 10.3 Å². The van der Waals surface area contributed by atoms with Crippen molar-refractivity contribution in [3.05, 3.63) is 52.5 Å². The Balaban J connectivity index is 2.07. The first-order valence-electron chi connectivity index (χ1n) is 6.10. The van der Waals surface area contributed by atoms with E-state index in [-0.39, 0.29) is 0 Å². The van der Waals surface area contributed by atoms with Crippen LogP contribution in [0.4, 0.5) is 5.69 Å². The van der Waals surface area contributed by atoms with Crippen LogP contribution in [0.15, 0.2) is 51.5 Å². The van der Waals surface area contributed by atoms with Gasteiger partial charge < -0.3 is 10.3 Å². The third-order valence-corrected chi connectivity index (χ3v) is 3.72. The zero-order valence-corrected chi connectivity index (χ0v) is 12.4. The highest BCUT2D eigenvalue weighted by Crippen LogP contribution is 2.29. The minimum absolute atomic E-state index is 0.473. The predicted molar refractivity (Wildman–Crippen MR) is 82.0 cm³/mol. The van der Waals surface area contributed by atoms with Crippen LogP contribution < -0.4 is 5.73 Å². The minimum atomic E-state index is 0.473. The molecule has 100 valence electrons. The van der Waals surface area contributed by atoms with E-state index in [1.54, 1.807) is 0 Å². The van der Waals surface area contributed by atoms with Crippen LogP contribution in [0.25, 0.3) is 22.8 Å². The van der Waals surface area contributed by atoms with Gasteiger partial charge in [0.25, 0.3) is 5.89 Å². The second-order valence-corrected chi connectivity index (χ2v) is 5.33. The molecule has 3 aromatic rings. The molecule has 0 saturated carbocycles. The maximum absolute atomic E-state index is 5.81. The predicted octanol–water partition coefficient (Wildman–Crippen LogP) is 4.06. The second kappa shape index (κ2) is 5.09. The van der Waals surface area contributed by atoms with E-state index in [1.807, 2.05) is 49.4 Å². The summed E-state index contributed by atoms with van der Waals surface area (Å²) in [5, 5.41) is 4.04. The van der Waals surface area contributed by atoms with Crippen molar-refractivity contribution in [1.82, 2.24) is 10.1 Å². The molecule has 0 aliphatic heterocycles. The molecule has 0 unspecified atom stereocenters. The number of nitrogens with zero attached hydrogens (tertiary/aromatic N) is 2. The van der Waals surface area contributed by atoms with Crippen LogP contribution >= 0.6 is 15.9 Å². The first kappa shape index (κ1) is 12.9. The molecule has 2 aromatic carbocycles. The van der Waals surface area contributed by atoms with Crippen LogP contribution in [0.3, 0.4) is 0 Å². The lowest BCUT2D eigenvalue weighted by atomic mass is 10.1. The van der Waals surface area contributed by atoms with E-state index >= 15 is 0 Å². The van der Waals surface area contributed by atoms with Crippen molar-refractivity contribution in [2.45, 2.75) is 6.92 Å². The van der Waals surface area contributed by atoms with E-state index in [0.29, 0.717) is 17.4 Å². The number of halogens is 1. The first-order valence-corrected chi connectivity index (χ1v) is 6.89. The van der Waals surface area contributed by atoms with Gasteiger partial charge in [-0.1, -0.05) is 39.3 Å². The summed E-state index contributed by atoms with van der Waals surface area (Å²) in [6, 6.07) is 13.4. The van der Waals surface area contributed by atoms with E-state index in [0.717, 1.165) is 21.2 Å². The molecule has 0 fully saturated rings. The van der Waals surface area contributed by atoms with Crippen LogP contribution in [0.1, 0.15) is 5.56 Å². The Morgan fingerprint density at radius 1 is 1.10 bits per heavy atom. The third-order valence-electron chi connectivity index (χ3n) is 3.03. The highest BCUT2D eigenvalue weighted by molar-refractivity contribution is 9.10. The summed E-state index contributed by atoms with van der Waals surface area (Å²) in [5.74, 6) is 1.02. The fraction of sp³-hybridized carbons (Fsp3) is 0.0667. The van der Waals surface area contributed by atoms with Crippen LogP contribution in [0, 0.1) is 6.92 Å². The molecule has 1 heterocycles. The Bertz CT molecular complexity index is 767. The van der Waals surface area contributed by atoms with E-state index in [9.17, 15) is 0 Å². The molecule has 3 rings (SSSR count). The van der Waals surface area contributed by atoms with E-state index in [1.165, 1.54) is 0 Å². The molecule has 5 heteroatoms. The number of hydrogen-bond acceptors (Lipinski definition) is 4. The summed E-state index contributed by atoms with van der Waals surface area (Å²) >= 11 is 3.48. The van der Waals surface area contributed by atoms with E-state index in [2.05, 4.69) is 26.1 Å². The van der Waals surface area contributed by atoms with Gasteiger partial charge in [0.05, 0.1) is 0 Å². The quantitative estimate of drug-likeness (QED) is 0.720. The fourth-order valence-corrected chi connectivity index (χ4v) is 2.42. The van der Waals surface area contributed by atoms with E-state index < -0.39 is 0 Å². The summed E-state index contributed by atoms with van der Waals surface area (Å²) < 4.78 is 6.29. The molecule has 0 aliphatic rings. The number of anilines is 1. The average molecular weight is 330 g/mol. The lowest BCUT2D eigenvalue weighted by molar-refractivity contribution is 0.432. The topological polar surface area (TPSA) is 64.9 Å². The molecule has 0 amide bonds. The number of hydrogen-bond donors (Lipinski definition) is 1. The summed E-state index contributed by atoms with van der Waals surface area (Å²) in [6.45, 7) is 1.98. The van der Waals surface area contributed by atoms with Gasteiger partial charge >= 0.3 is 0 Å². The number of aryl methyl sites for hydroxylation is 1. The molecular formula is C15H12BrN3O. The molecular weight excluding hydrogens is 318 g/mol. The zero-order valence-electron chi connectivity index (χ0n) is 10.8. The molecule has 0 aliphatic carbocycles. The first-order chi connectivity index (χ1) is 9.65. The zero-order chi connectivity index (χ0) is 14.1. The highest BCUT2D eigenvalue weighted by atomic mass is 79.9. The van der Waals surface area contributed by atoms with Gasteiger partial charge in [0.15, 0.2) is 0 Å². The van der Waals surface area contributed by atoms with Crippen LogP contribution in [0.2, 0.25) is 0 Å². The maximum atomic E-state index is 5.81. The molecule has 0 atom stereocenters. The number of nitrogens with two attached hydrogens (primary N) is 1. The summed E-state index contributed by atoms with van der Waals surface area (Å²) in [7, 11) is 0. The van der Waals surface area contributed by atoms with Gasteiger partial charge in [0, 0.05) is 21.3 Å². The Labute approximate surface area is 124 Å². The van der Waals surface area contributed by atoms with Crippen molar-refractivity contribution >= 4 is 21.6 Å². The average Bonchev–Trinajstić information content (AvgIpc) is 2.91. The number of benzene rings is 2. The molecule has 20 heavy (non-hydrogen) atoms. The Kier molecular flexibility index (Phi) is 3.28. The molecule has 0 bridgehead atoms. The van der Waals surface area contributed by atoms with Gasteiger partial charge in [-0.25, -0.2) is 0 Å². The van der Waals surface area contributed by atoms with Crippen LogP contribution in [-0.4, -0.2) is 10.1 Å². The summed E-state index contributed by atoms with van der Waals surface area (Å²) in [5.41, 5.74) is 9.27. The van der Waals surface area contributed by atoms with Crippen LogP contribution in [-0.2, 0) is 0 Å². The molecule has 0 spiro atoms. The SMILES string of the molecule is Cc1ccc(N)cc1-c1nc(-c2ccccc2Br)no1. The maximum Gasteiger partial charge on any atom is 0.258 e. The molecule has 1 aromatic heterocycles. The Morgan fingerprint density at radius 2 is 1.90 bits per heavy atom. The van der Waals surface area contributed by atoms with Gasteiger partial charge in [-0.2, -0.15) is 4.98 Å². The highest BCUT2D eigenvalue weighted by Gasteiger charge is 2.14. The van der Waals surface area contributed by atoms with Crippen molar-refractivity contribution in [1.29, 1.82) is 0 Å². The number of rotatable bonds is 2. The second-order valence-electron chi connectivity index (χ2n) is 4.48. The van der Waals surface area contributed by atoms with Gasteiger partial charge in [-0.05, 0) is 36.8 Å². The van der Waals surface area contributed by atoms with Gasteiger partial charge in [0.1, 0.15) is 0 Å². The van der Waals surface area contributed by atoms with Gasteiger partial charge in [-0.3, -0.25) is 0 Å². The molecule has 2 N–H and O–H groups in total. The monoisotopic (exact) mass is 329 g/mol. The van der Waals surface area contributed by atoms with Gasteiger partial charge in [0.2, 0.25) is 5.82 Å². The number of nitrogen functional groups attached to an aromatic ring is 1. The van der Waals surface area contributed by atoms with Crippen molar-refractivity contribution in [3.63, 3.8) is 0 Å². The smallest absolute Gasteiger partial charge is 0.258 e.